The lowest BCUT2D eigenvalue weighted by Crippen LogP contribution is -2.31. The molecule has 0 saturated heterocycles. The van der Waals surface area contributed by atoms with E-state index >= 15 is 0 Å². The van der Waals surface area contributed by atoms with E-state index in [4.69, 9.17) is 15.6 Å². The molecule has 190 valence electrons. The zero-order chi connectivity index (χ0) is 25.9. The average Bonchev–Trinajstić information content (AvgIpc) is 3.24. The smallest absolute Gasteiger partial charge is 0.248 e. The molecule has 36 heavy (non-hydrogen) atoms. The van der Waals surface area contributed by atoms with Gasteiger partial charge in [0.2, 0.25) is 17.0 Å². The number of unbranched alkanes of at least 4 members (excludes halogenated alkanes) is 1. The van der Waals surface area contributed by atoms with Crippen molar-refractivity contribution in [3.63, 3.8) is 0 Å². The lowest BCUT2D eigenvalue weighted by Gasteiger charge is -2.27. The number of rotatable bonds is 9. The molecule has 1 aliphatic heterocycles. The Bertz CT molecular complexity index is 1240. The zero-order valence-corrected chi connectivity index (χ0v) is 22.5. The summed E-state index contributed by atoms with van der Waals surface area (Å²) < 4.78 is 7.79. The molecular weight excluding hydrogens is 470 g/mol. The maximum atomic E-state index is 12.4. The van der Waals surface area contributed by atoms with Crippen LogP contribution in [0.3, 0.4) is 0 Å². The third-order valence-corrected chi connectivity index (χ3v) is 7.17. The van der Waals surface area contributed by atoms with Crippen LogP contribution in [-0.2, 0) is 16.8 Å². The highest BCUT2D eigenvalue weighted by atomic mass is 32.2. The number of hydrogen-bond donors (Lipinski definition) is 2. The second-order valence-corrected chi connectivity index (χ2v) is 11.2. The molecule has 1 aliphatic rings. The number of benzene rings is 2. The van der Waals surface area contributed by atoms with Crippen LogP contribution in [0.4, 0.5) is 5.95 Å². The molecule has 0 saturated carbocycles. The van der Waals surface area contributed by atoms with Crippen LogP contribution in [0.1, 0.15) is 70.2 Å². The number of amides is 1. The van der Waals surface area contributed by atoms with Gasteiger partial charge >= 0.3 is 0 Å². The Morgan fingerprint density at radius 2 is 1.83 bits per heavy atom. The van der Waals surface area contributed by atoms with E-state index in [1.54, 1.807) is 16.4 Å². The summed E-state index contributed by atoms with van der Waals surface area (Å²) in [4.78, 5) is 17.1. The molecule has 2 heterocycles. The molecule has 0 aliphatic carbocycles. The first-order valence-corrected chi connectivity index (χ1v) is 13.3. The second kappa shape index (κ2) is 10.8. The van der Waals surface area contributed by atoms with Gasteiger partial charge in [-0.05, 0) is 47.6 Å². The van der Waals surface area contributed by atoms with Gasteiger partial charge in [0, 0.05) is 11.4 Å². The highest BCUT2D eigenvalue weighted by Gasteiger charge is 2.33. The van der Waals surface area contributed by atoms with Crippen molar-refractivity contribution in [1.82, 2.24) is 14.8 Å². The summed E-state index contributed by atoms with van der Waals surface area (Å²) in [6, 6.07) is 15.8. The fourth-order valence-electron chi connectivity index (χ4n) is 4.14. The number of nitrogens with two attached hydrogens (primary N) is 1. The Balaban J connectivity index is 1.53. The number of hydrogen-bond acceptors (Lipinski definition) is 6. The first kappa shape index (κ1) is 25.8. The number of ether oxygens (including phenoxy) is 1. The van der Waals surface area contributed by atoms with Gasteiger partial charge in [-0.1, -0.05) is 82.3 Å². The standard InChI is InChI=1S/C28H35N5O2S/c1-6-7-16-36-27-31-26-30-18(2)23(25(29)34)24(33(26)32-27)20-10-14-22(15-11-20)35-17-19-8-12-21(13-9-19)28(3,4)5/h8-15,24H,6-7,16-17H2,1-5H3,(H2,29,34)(H,30,31,32). The van der Waals surface area contributed by atoms with Gasteiger partial charge in [-0.3, -0.25) is 4.79 Å². The second-order valence-electron chi connectivity index (χ2n) is 10.1. The quantitative estimate of drug-likeness (QED) is 0.281. The Morgan fingerprint density at radius 3 is 2.44 bits per heavy atom. The highest BCUT2D eigenvalue weighted by molar-refractivity contribution is 7.99. The summed E-state index contributed by atoms with van der Waals surface area (Å²) in [7, 11) is 0. The molecule has 0 radical (unpaired) electrons. The van der Waals surface area contributed by atoms with E-state index < -0.39 is 11.9 Å². The number of thioether (sulfide) groups is 1. The Hall–Kier alpha value is -3.26. The molecule has 1 amide bonds. The fourth-order valence-corrected chi connectivity index (χ4v) is 5.05. The maximum Gasteiger partial charge on any atom is 0.248 e. The van der Waals surface area contributed by atoms with Gasteiger partial charge in [-0.15, -0.1) is 5.10 Å². The first-order valence-electron chi connectivity index (χ1n) is 12.4. The molecule has 7 nitrogen and oxygen atoms in total. The first-order chi connectivity index (χ1) is 17.2. The van der Waals surface area contributed by atoms with Crippen LogP contribution in [0.5, 0.6) is 5.75 Å². The summed E-state index contributed by atoms with van der Waals surface area (Å²) in [5, 5.41) is 8.58. The van der Waals surface area contributed by atoms with Crippen LogP contribution in [0, 0.1) is 0 Å². The van der Waals surface area contributed by atoms with Gasteiger partial charge in [-0.2, -0.15) is 4.98 Å². The topological polar surface area (TPSA) is 95.1 Å². The molecule has 0 spiro atoms. The highest BCUT2D eigenvalue weighted by Crippen LogP contribution is 2.36. The van der Waals surface area contributed by atoms with Gasteiger partial charge in [-0.25, -0.2) is 4.68 Å². The third-order valence-electron chi connectivity index (χ3n) is 6.25. The van der Waals surface area contributed by atoms with Crippen molar-refractivity contribution in [2.45, 2.75) is 70.7 Å². The molecule has 3 N–H and O–H groups in total. The molecule has 1 atom stereocenters. The average molecular weight is 506 g/mol. The third kappa shape index (κ3) is 5.75. The molecule has 1 aromatic heterocycles. The van der Waals surface area contributed by atoms with E-state index in [1.807, 2.05) is 31.2 Å². The van der Waals surface area contributed by atoms with Crippen LogP contribution in [0.25, 0.3) is 0 Å². The Labute approximate surface area is 217 Å². The SMILES string of the molecule is CCCCSc1nc2n(n1)C(c1ccc(OCc3ccc(C(C)(C)C)cc3)cc1)C(C(N)=O)=C(C)N2. The van der Waals surface area contributed by atoms with Crippen molar-refractivity contribution in [3.05, 3.63) is 76.5 Å². The minimum Gasteiger partial charge on any atom is -0.489 e. The van der Waals surface area contributed by atoms with Gasteiger partial charge in [0.15, 0.2) is 0 Å². The van der Waals surface area contributed by atoms with Crippen LogP contribution >= 0.6 is 11.8 Å². The summed E-state index contributed by atoms with van der Waals surface area (Å²) >= 11 is 1.62. The number of anilines is 1. The predicted octanol–water partition coefficient (Wildman–Crippen LogP) is 5.82. The number of carbonyl (C=O) groups excluding carboxylic acids is 1. The number of aromatic nitrogens is 3. The van der Waals surface area contributed by atoms with Crippen molar-refractivity contribution in [2.24, 2.45) is 5.73 Å². The minimum absolute atomic E-state index is 0.124. The lowest BCUT2D eigenvalue weighted by atomic mass is 9.87. The largest absolute Gasteiger partial charge is 0.489 e. The molecule has 3 aromatic rings. The molecular formula is C28H35N5O2S. The molecule has 0 fully saturated rings. The fraction of sp³-hybridized carbons (Fsp3) is 0.393. The van der Waals surface area contributed by atoms with Crippen molar-refractivity contribution in [2.75, 3.05) is 11.1 Å². The van der Waals surface area contributed by atoms with Crippen molar-refractivity contribution >= 4 is 23.6 Å². The van der Waals surface area contributed by atoms with Crippen LogP contribution in [0.2, 0.25) is 0 Å². The van der Waals surface area contributed by atoms with Crippen LogP contribution in [-0.4, -0.2) is 26.4 Å². The van der Waals surface area contributed by atoms with Gasteiger partial charge < -0.3 is 15.8 Å². The molecule has 0 bridgehead atoms. The number of allylic oxidation sites excluding steroid dienone is 1. The number of nitrogens with one attached hydrogen (secondary N) is 1. The summed E-state index contributed by atoms with van der Waals surface area (Å²) in [6.07, 6.45) is 2.21. The molecule has 8 heteroatoms. The summed E-state index contributed by atoms with van der Waals surface area (Å²) in [5.41, 5.74) is 10.4. The van der Waals surface area contributed by atoms with E-state index in [1.165, 1.54) is 5.56 Å². The van der Waals surface area contributed by atoms with Gasteiger partial charge in [0.05, 0.1) is 5.57 Å². The predicted molar refractivity (Wildman–Crippen MR) is 145 cm³/mol. The van der Waals surface area contributed by atoms with E-state index in [9.17, 15) is 4.79 Å². The molecule has 4 rings (SSSR count). The number of nitrogens with zero attached hydrogens (tertiary/aromatic N) is 3. The lowest BCUT2D eigenvalue weighted by molar-refractivity contribution is -0.115. The van der Waals surface area contributed by atoms with Crippen molar-refractivity contribution < 1.29 is 9.53 Å². The summed E-state index contributed by atoms with van der Waals surface area (Å²) in [5.74, 6) is 1.83. The molecule has 1 unspecified atom stereocenters. The van der Waals surface area contributed by atoms with E-state index in [2.05, 4.69) is 62.3 Å². The minimum atomic E-state index is -0.481. The van der Waals surface area contributed by atoms with E-state index in [0.29, 0.717) is 29.0 Å². The maximum absolute atomic E-state index is 12.4. The normalized spacial score (nSPS) is 15.4. The Kier molecular flexibility index (Phi) is 7.73. The van der Waals surface area contributed by atoms with Crippen molar-refractivity contribution in [3.8, 4) is 5.75 Å². The zero-order valence-electron chi connectivity index (χ0n) is 21.7. The number of fused-ring (bicyclic) bond motifs is 1. The number of carbonyl (C=O) groups is 1. The monoisotopic (exact) mass is 505 g/mol. The van der Waals surface area contributed by atoms with Crippen LogP contribution in [0.15, 0.2) is 65.0 Å². The summed E-state index contributed by atoms with van der Waals surface area (Å²) in [6.45, 7) is 11.1. The number of primary amides is 1. The van der Waals surface area contributed by atoms with Gasteiger partial charge in [0.25, 0.3) is 0 Å². The van der Waals surface area contributed by atoms with E-state index in [0.717, 1.165) is 35.5 Å². The van der Waals surface area contributed by atoms with Crippen molar-refractivity contribution in [1.29, 1.82) is 0 Å². The van der Waals surface area contributed by atoms with E-state index in [-0.39, 0.29) is 5.41 Å². The Morgan fingerprint density at radius 1 is 1.14 bits per heavy atom. The van der Waals surface area contributed by atoms with Gasteiger partial charge in [0.1, 0.15) is 18.4 Å². The molecule has 2 aromatic carbocycles. The van der Waals surface area contributed by atoms with Crippen LogP contribution < -0.4 is 15.8 Å².